The molecule has 2 heterocycles. The Balaban J connectivity index is 1.71. The summed E-state index contributed by atoms with van der Waals surface area (Å²) in [4.78, 5) is 7.09. The normalized spacial score (nSPS) is 22.5. The van der Waals surface area contributed by atoms with Crippen LogP contribution in [0.1, 0.15) is 12.0 Å². The number of allylic oxidation sites excluding steroid dienone is 2. The van der Waals surface area contributed by atoms with E-state index in [1.165, 1.54) is 16.8 Å². The lowest BCUT2D eigenvalue weighted by Gasteiger charge is -2.33. The Morgan fingerprint density at radius 3 is 2.71 bits per heavy atom. The molecule has 5 nitrogen and oxygen atoms in total. The second-order valence-electron chi connectivity index (χ2n) is 6.12. The van der Waals surface area contributed by atoms with Gasteiger partial charge in [0.05, 0.1) is 13.7 Å². The third-order valence-electron chi connectivity index (χ3n) is 4.80. The van der Waals surface area contributed by atoms with E-state index in [1.54, 1.807) is 14.2 Å². The molecule has 5 heteroatoms. The minimum Gasteiger partial charge on any atom is -0.498 e. The number of rotatable bonds is 3. The van der Waals surface area contributed by atoms with Crippen LogP contribution in [-0.4, -0.2) is 44.1 Å². The summed E-state index contributed by atoms with van der Waals surface area (Å²) in [7, 11) is 3.40. The Labute approximate surface area is 141 Å². The molecule has 0 saturated heterocycles. The molecule has 2 aliphatic heterocycles. The van der Waals surface area contributed by atoms with E-state index in [-0.39, 0.29) is 6.10 Å². The first-order valence-electron chi connectivity index (χ1n) is 8.11. The van der Waals surface area contributed by atoms with Crippen molar-refractivity contribution >= 4 is 11.5 Å². The summed E-state index contributed by atoms with van der Waals surface area (Å²) in [6.45, 7) is 1.62. The van der Waals surface area contributed by atoms with Gasteiger partial charge in [0.1, 0.15) is 17.7 Å². The fraction of sp³-hybridized carbons (Fsp3) is 0.316. The van der Waals surface area contributed by atoms with Crippen molar-refractivity contribution in [2.45, 2.75) is 12.5 Å². The third kappa shape index (κ3) is 2.32. The number of hydrogen-bond acceptors (Lipinski definition) is 5. The molecule has 2 N–H and O–H groups in total. The molecular formula is C19H21N3O2. The number of hydrogen-bond donors (Lipinski definition) is 1. The van der Waals surface area contributed by atoms with Crippen molar-refractivity contribution in [3.05, 3.63) is 64.6 Å². The summed E-state index contributed by atoms with van der Waals surface area (Å²) in [5.41, 5.74) is 11.5. The molecule has 1 aliphatic carbocycles. The second-order valence-corrected chi connectivity index (χ2v) is 6.12. The van der Waals surface area contributed by atoms with Gasteiger partial charge in [-0.25, -0.2) is 0 Å². The predicted octanol–water partition coefficient (Wildman–Crippen LogP) is 2.47. The van der Waals surface area contributed by atoms with E-state index in [1.807, 2.05) is 24.3 Å². The van der Waals surface area contributed by atoms with Gasteiger partial charge in [-0.2, -0.15) is 0 Å². The maximum absolute atomic E-state index is 5.80. The number of nitrogen functional groups attached to an aromatic ring is 1. The molecule has 0 fully saturated rings. The fourth-order valence-electron chi connectivity index (χ4n) is 3.55. The average molecular weight is 323 g/mol. The van der Waals surface area contributed by atoms with Gasteiger partial charge in [0.2, 0.25) is 0 Å². The van der Waals surface area contributed by atoms with Crippen molar-refractivity contribution < 1.29 is 9.47 Å². The van der Waals surface area contributed by atoms with Crippen LogP contribution in [0.25, 0.3) is 0 Å². The van der Waals surface area contributed by atoms with Gasteiger partial charge in [0, 0.05) is 36.2 Å². The molecule has 0 saturated carbocycles. The van der Waals surface area contributed by atoms with Crippen molar-refractivity contribution in [1.82, 2.24) is 4.90 Å². The van der Waals surface area contributed by atoms with E-state index < -0.39 is 0 Å². The molecule has 1 aromatic rings. The second kappa shape index (κ2) is 5.83. The maximum atomic E-state index is 5.80. The minimum absolute atomic E-state index is 0.0974. The van der Waals surface area contributed by atoms with Gasteiger partial charge in [-0.05, 0) is 48.4 Å². The Morgan fingerprint density at radius 2 is 2.00 bits per heavy atom. The average Bonchev–Trinajstić information content (AvgIpc) is 3.05. The first kappa shape index (κ1) is 15.0. The summed E-state index contributed by atoms with van der Waals surface area (Å²) in [6, 6.07) is 7.91. The molecular weight excluding hydrogens is 302 g/mol. The van der Waals surface area contributed by atoms with Crippen LogP contribution in [0.4, 0.5) is 5.69 Å². The lowest BCUT2D eigenvalue weighted by molar-refractivity contribution is 0.108. The highest BCUT2D eigenvalue weighted by molar-refractivity contribution is 6.02. The smallest absolute Gasteiger partial charge is 0.135 e. The SMILES string of the molecule is COC1=CC2=C3CN=C(c4ccc(N)cc4)N3CCC2=CC1OC. The van der Waals surface area contributed by atoms with E-state index in [9.17, 15) is 0 Å². The number of methoxy groups -OCH3 is 2. The Kier molecular flexibility index (Phi) is 3.65. The van der Waals surface area contributed by atoms with Crippen LogP contribution in [0.3, 0.4) is 0 Å². The zero-order valence-electron chi connectivity index (χ0n) is 14.0. The van der Waals surface area contributed by atoms with E-state index in [0.717, 1.165) is 35.8 Å². The molecule has 4 rings (SSSR count). The quantitative estimate of drug-likeness (QED) is 0.868. The Morgan fingerprint density at radius 1 is 1.21 bits per heavy atom. The minimum atomic E-state index is -0.0974. The van der Waals surface area contributed by atoms with Gasteiger partial charge in [-0.3, -0.25) is 4.99 Å². The number of nitrogens with two attached hydrogens (primary N) is 1. The zero-order valence-corrected chi connectivity index (χ0v) is 14.0. The molecule has 1 unspecified atom stereocenters. The summed E-state index contributed by atoms with van der Waals surface area (Å²) >= 11 is 0. The highest BCUT2D eigenvalue weighted by atomic mass is 16.5. The van der Waals surface area contributed by atoms with Crippen molar-refractivity contribution in [3.63, 3.8) is 0 Å². The van der Waals surface area contributed by atoms with Gasteiger partial charge in [-0.15, -0.1) is 0 Å². The van der Waals surface area contributed by atoms with Crippen LogP contribution in [0.15, 0.2) is 64.0 Å². The molecule has 1 atom stereocenters. The van der Waals surface area contributed by atoms with Crippen LogP contribution in [-0.2, 0) is 9.47 Å². The van der Waals surface area contributed by atoms with Gasteiger partial charge in [0.25, 0.3) is 0 Å². The zero-order chi connectivity index (χ0) is 16.7. The van der Waals surface area contributed by atoms with E-state index in [2.05, 4.69) is 17.1 Å². The van der Waals surface area contributed by atoms with Gasteiger partial charge < -0.3 is 20.1 Å². The summed E-state index contributed by atoms with van der Waals surface area (Å²) < 4.78 is 11.0. The molecule has 3 aliphatic rings. The number of benzene rings is 1. The number of nitrogens with zero attached hydrogens (tertiary/aromatic N) is 2. The summed E-state index contributed by atoms with van der Waals surface area (Å²) in [5, 5.41) is 0. The van der Waals surface area contributed by atoms with Crippen molar-refractivity contribution in [3.8, 4) is 0 Å². The maximum Gasteiger partial charge on any atom is 0.135 e. The number of aliphatic imine (C=N–C) groups is 1. The number of fused-ring (bicyclic) bond motifs is 2. The highest BCUT2D eigenvalue weighted by Gasteiger charge is 2.33. The molecule has 0 bridgehead atoms. The lowest BCUT2D eigenvalue weighted by atomic mass is 9.89. The predicted molar refractivity (Wildman–Crippen MR) is 94.6 cm³/mol. The van der Waals surface area contributed by atoms with E-state index in [4.69, 9.17) is 20.2 Å². The van der Waals surface area contributed by atoms with Gasteiger partial charge >= 0.3 is 0 Å². The monoisotopic (exact) mass is 323 g/mol. The lowest BCUT2D eigenvalue weighted by Crippen LogP contribution is -2.34. The van der Waals surface area contributed by atoms with Crippen LogP contribution in [0.5, 0.6) is 0 Å². The third-order valence-corrected chi connectivity index (χ3v) is 4.80. The molecule has 1 aromatic carbocycles. The van der Waals surface area contributed by atoms with Crippen molar-refractivity contribution in [1.29, 1.82) is 0 Å². The topological polar surface area (TPSA) is 60.1 Å². The molecule has 0 spiro atoms. The summed E-state index contributed by atoms with van der Waals surface area (Å²) in [6.07, 6.45) is 5.14. The van der Waals surface area contributed by atoms with Crippen LogP contribution < -0.4 is 5.73 Å². The van der Waals surface area contributed by atoms with Crippen LogP contribution in [0.2, 0.25) is 0 Å². The molecule has 124 valence electrons. The van der Waals surface area contributed by atoms with Crippen LogP contribution >= 0.6 is 0 Å². The molecule has 0 amide bonds. The highest BCUT2D eigenvalue weighted by Crippen LogP contribution is 2.37. The van der Waals surface area contributed by atoms with Gasteiger partial charge in [0.15, 0.2) is 0 Å². The Bertz CT molecular complexity index is 787. The number of amidine groups is 1. The van der Waals surface area contributed by atoms with E-state index >= 15 is 0 Å². The van der Waals surface area contributed by atoms with Crippen molar-refractivity contribution in [2.75, 3.05) is 33.0 Å². The largest absolute Gasteiger partial charge is 0.498 e. The standard InChI is InChI=1S/C19H21N3O2/c1-23-17-9-13-7-8-22-16(15(13)10-18(17)24-2)11-21-19(22)12-3-5-14(20)6-4-12/h3-6,9-10,17H,7-8,11,20H2,1-2H3. The molecule has 0 radical (unpaired) electrons. The van der Waals surface area contributed by atoms with Gasteiger partial charge in [-0.1, -0.05) is 0 Å². The number of anilines is 1. The molecule has 24 heavy (non-hydrogen) atoms. The molecule has 0 aromatic heterocycles. The summed E-state index contributed by atoms with van der Waals surface area (Å²) in [5.74, 6) is 1.87. The Hall–Kier alpha value is -2.53. The number of ether oxygens (including phenoxy) is 2. The first-order chi connectivity index (χ1) is 11.7. The van der Waals surface area contributed by atoms with Crippen molar-refractivity contribution in [2.24, 2.45) is 4.99 Å². The fourth-order valence-corrected chi connectivity index (χ4v) is 3.55. The first-order valence-corrected chi connectivity index (χ1v) is 8.11. The van der Waals surface area contributed by atoms with E-state index in [0.29, 0.717) is 6.54 Å². The van der Waals surface area contributed by atoms with Crippen LogP contribution in [0, 0.1) is 0 Å².